The molecule has 2 heterocycles. The van der Waals surface area contributed by atoms with Crippen molar-refractivity contribution in [1.82, 2.24) is 20.4 Å². The molecule has 43 heavy (non-hydrogen) atoms. The Bertz CT molecular complexity index is 1540. The van der Waals surface area contributed by atoms with E-state index >= 15 is 0 Å². The highest BCUT2D eigenvalue weighted by atomic mass is 32.1. The van der Waals surface area contributed by atoms with Gasteiger partial charge in [0.2, 0.25) is 17.8 Å². The Morgan fingerprint density at radius 3 is 1.77 bits per heavy atom. The van der Waals surface area contributed by atoms with Crippen LogP contribution in [0.1, 0.15) is 11.0 Å². The first kappa shape index (κ1) is 29.2. The number of anilines is 6. The Morgan fingerprint density at radius 1 is 0.721 bits per heavy atom. The average molecular weight is 597 g/mol. The highest BCUT2D eigenvalue weighted by molar-refractivity contribution is 7.10. The normalized spacial score (nSPS) is 11.6. The van der Waals surface area contributed by atoms with Gasteiger partial charge in [-0.05, 0) is 84.2 Å². The fourth-order valence-corrected chi connectivity index (χ4v) is 4.54. The van der Waals surface area contributed by atoms with Gasteiger partial charge in [0.25, 0.3) is 0 Å². The van der Waals surface area contributed by atoms with Crippen molar-refractivity contribution in [2.45, 2.75) is 6.17 Å². The number of aromatic nitrogens is 3. The molecule has 0 aliphatic carbocycles. The molecule has 12 nitrogen and oxygen atoms in total. The molecule has 2 aromatic heterocycles. The van der Waals surface area contributed by atoms with Crippen LogP contribution in [0.25, 0.3) is 0 Å². The lowest BCUT2D eigenvalue weighted by Crippen LogP contribution is -2.27. The molecule has 1 unspecified atom stereocenters. The van der Waals surface area contributed by atoms with Crippen LogP contribution < -0.4 is 35.9 Å². The van der Waals surface area contributed by atoms with E-state index in [-0.39, 0.29) is 5.95 Å². The van der Waals surface area contributed by atoms with Crippen LogP contribution in [0.2, 0.25) is 0 Å². The highest BCUT2D eigenvalue weighted by Gasteiger charge is 2.14. The number of thiophene rings is 1. The van der Waals surface area contributed by atoms with Crippen LogP contribution in [0, 0.1) is 0 Å². The number of rotatable bonds is 13. The molecule has 0 bridgehead atoms. The van der Waals surface area contributed by atoms with E-state index in [1.807, 2.05) is 109 Å². The Morgan fingerprint density at radius 2 is 1.28 bits per heavy atom. The van der Waals surface area contributed by atoms with Crippen molar-refractivity contribution < 1.29 is 9.47 Å². The molecule has 0 aliphatic heterocycles. The third-order valence-corrected chi connectivity index (χ3v) is 7.04. The third kappa shape index (κ3) is 8.15. The second-order valence-electron chi connectivity index (χ2n) is 9.33. The minimum atomic E-state index is -0.499. The maximum Gasteiger partial charge on any atom is 0.244 e. The summed E-state index contributed by atoms with van der Waals surface area (Å²) in [6, 6.07) is 26.7. The van der Waals surface area contributed by atoms with Crippen LogP contribution in [0.15, 0.2) is 101 Å². The fraction of sp³-hybridized carbons (Fsp3) is 0.167. The summed E-state index contributed by atoms with van der Waals surface area (Å²) in [5.41, 5.74) is 9.69. The Labute approximate surface area is 253 Å². The maximum atomic E-state index is 5.26. The Kier molecular flexibility index (Phi) is 9.56. The molecule has 5 rings (SSSR count). The number of azo groups is 1. The molecule has 0 radical (unpaired) electrons. The zero-order valence-electron chi connectivity index (χ0n) is 24.1. The van der Waals surface area contributed by atoms with Gasteiger partial charge in [-0.3, -0.25) is 5.43 Å². The van der Waals surface area contributed by atoms with Crippen LogP contribution in [0.4, 0.5) is 40.6 Å². The molecule has 0 aliphatic rings. The fourth-order valence-electron chi connectivity index (χ4n) is 3.83. The number of methoxy groups -OCH3 is 2. The minimum absolute atomic E-state index is 0.272. The van der Waals surface area contributed by atoms with Crippen molar-refractivity contribution in [1.29, 1.82) is 0 Å². The summed E-state index contributed by atoms with van der Waals surface area (Å²) in [7, 11) is 7.24. The van der Waals surface area contributed by atoms with Crippen molar-refractivity contribution >= 4 is 51.9 Å². The van der Waals surface area contributed by atoms with E-state index in [1.54, 1.807) is 25.6 Å². The maximum absolute atomic E-state index is 5.26. The molecule has 5 aromatic rings. The number of hydrogen-bond acceptors (Lipinski definition) is 13. The van der Waals surface area contributed by atoms with Gasteiger partial charge in [-0.15, -0.1) is 11.3 Å². The molecule has 3 aromatic carbocycles. The molecule has 4 N–H and O–H groups in total. The van der Waals surface area contributed by atoms with E-state index in [9.17, 15) is 0 Å². The number of ether oxygens (including phenoxy) is 2. The van der Waals surface area contributed by atoms with E-state index in [0.717, 1.165) is 39.1 Å². The second kappa shape index (κ2) is 14.1. The molecule has 0 saturated heterocycles. The molecule has 220 valence electrons. The van der Waals surface area contributed by atoms with E-state index < -0.39 is 6.17 Å². The van der Waals surface area contributed by atoms with Gasteiger partial charge in [-0.2, -0.15) is 25.2 Å². The average Bonchev–Trinajstić information content (AvgIpc) is 3.57. The summed E-state index contributed by atoms with van der Waals surface area (Å²) in [4.78, 5) is 16.7. The molecular weight excluding hydrogens is 564 g/mol. The van der Waals surface area contributed by atoms with Crippen LogP contribution >= 0.6 is 11.3 Å². The molecule has 0 amide bonds. The topological polar surface area (TPSA) is 133 Å². The monoisotopic (exact) mass is 596 g/mol. The summed E-state index contributed by atoms with van der Waals surface area (Å²) >= 11 is 1.56. The lowest BCUT2D eigenvalue weighted by Gasteiger charge is -2.15. The zero-order chi connectivity index (χ0) is 30.0. The van der Waals surface area contributed by atoms with Crippen molar-refractivity contribution in [3.63, 3.8) is 0 Å². The van der Waals surface area contributed by atoms with Gasteiger partial charge in [0, 0.05) is 36.0 Å². The largest absolute Gasteiger partial charge is 0.497 e. The standard InChI is InChI=1S/C30H32N10O2S/c1-40(2)23-13-7-22(8-14-23)36-37-27(26-6-5-19-43-26)38-39-30-34-28(31-20-9-15-24(41-3)16-10-20)33-29(35-30)32-21-11-17-25(42-4)18-12-21/h5-19,27,38H,1-4H3,(H3,31,32,33,34,35,39). The van der Waals surface area contributed by atoms with E-state index in [4.69, 9.17) is 9.47 Å². The highest BCUT2D eigenvalue weighted by Crippen LogP contribution is 2.26. The lowest BCUT2D eigenvalue weighted by atomic mass is 10.3. The summed E-state index contributed by atoms with van der Waals surface area (Å²) in [6.07, 6.45) is -0.499. The predicted octanol–water partition coefficient (Wildman–Crippen LogP) is 6.90. The Balaban J connectivity index is 1.37. The summed E-state index contributed by atoms with van der Waals surface area (Å²) in [5, 5.41) is 17.5. The van der Waals surface area contributed by atoms with Crippen LogP contribution in [0.3, 0.4) is 0 Å². The number of nitrogens with zero attached hydrogens (tertiary/aromatic N) is 6. The van der Waals surface area contributed by atoms with Gasteiger partial charge < -0.3 is 25.0 Å². The smallest absolute Gasteiger partial charge is 0.244 e. The molecular formula is C30H32N10O2S. The van der Waals surface area contributed by atoms with Gasteiger partial charge in [-0.1, -0.05) is 6.07 Å². The zero-order valence-corrected chi connectivity index (χ0v) is 25.0. The molecule has 0 fully saturated rings. The van der Waals surface area contributed by atoms with Gasteiger partial charge in [0.05, 0.1) is 19.9 Å². The van der Waals surface area contributed by atoms with Gasteiger partial charge in [0.15, 0.2) is 6.17 Å². The van der Waals surface area contributed by atoms with Crippen molar-refractivity contribution in [3.05, 3.63) is 95.2 Å². The third-order valence-electron chi connectivity index (χ3n) is 6.12. The van der Waals surface area contributed by atoms with Crippen LogP contribution in [-0.2, 0) is 0 Å². The number of hydrazine groups is 1. The summed E-state index contributed by atoms with van der Waals surface area (Å²) in [5.74, 6) is 2.43. The predicted molar refractivity (Wildman–Crippen MR) is 171 cm³/mol. The minimum Gasteiger partial charge on any atom is -0.497 e. The van der Waals surface area contributed by atoms with Crippen LogP contribution in [0.5, 0.6) is 11.5 Å². The van der Waals surface area contributed by atoms with Crippen molar-refractivity contribution in [3.8, 4) is 11.5 Å². The second-order valence-corrected chi connectivity index (χ2v) is 10.3. The van der Waals surface area contributed by atoms with Gasteiger partial charge in [-0.25, -0.2) is 5.43 Å². The van der Waals surface area contributed by atoms with E-state index in [2.05, 4.69) is 46.7 Å². The first-order valence-electron chi connectivity index (χ1n) is 13.3. The van der Waals surface area contributed by atoms with E-state index in [1.165, 1.54) is 0 Å². The number of benzene rings is 3. The molecule has 13 heteroatoms. The van der Waals surface area contributed by atoms with Gasteiger partial charge >= 0.3 is 0 Å². The first-order chi connectivity index (χ1) is 21.0. The SMILES string of the molecule is COc1ccc(Nc2nc(NNC(N=Nc3ccc(N(C)C)cc3)c3cccs3)nc(Nc3ccc(OC)cc3)n2)cc1. The summed E-state index contributed by atoms with van der Waals surface area (Å²) < 4.78 is 10.5. The quantitative estimate of drug-likeness (QED) is 0.0840. The molecule has 0 saturated carbocycles. The van der Waals surface area contributed by atoms with Gasteiger partial charge in [0.1, 0.15) is 11.5 Å². The Hall–Kier alpha value is -5.27. The molecule has 1 atom stereocenters. The van der Waals surface area contributed by atoms with Crippen molar-refractivity contribution in [2.24, 2.45) is 10.2 Å². The van der Waals surface area contributed by atoms with E-state index in [0.29, 0.717) is 11.9 Å². The van der Waals surface area contributed by atoms with Crippen molar-refractivity contribution in [2.75, 3.05) is 49.3 Å². The number of nitrogens with one attached hydrogen (secondary N) is 4. The lowest BCUT2D eigenvalue weighted by molar-refractivity contribution is 0.415. The first-order valence-corrected chi connectivity index (χ1v) is 14.2. The number of hydrogen-bond donors (Lipinski definition) is 4. The van der Waals surface area contributed by atoms with Crippen LogP contribution in [-0.4, -0.2) is 43.3 Å². The summed E-state index contributed by atoms with van der Waals surface area (Å²) in [6.45, 7) is 0. The molecule has 0 spiro atoms.